The summed E-state index contributed by atoms with van der Waals surface area (Å²) < 4.78 is 11.1. The summed E-state index contributed by atoms with van der Waals surface area (Å²) in [5, 5.41) is 9.30. The second-order valence-electron chi connectivity index (χ2n) is 7.79. The number of hydrogen-bond donors (Lipinski definition) is 1. The van der Waals surface area contributed by atoms with Gasteiger partial charge in [0.25, 0.3) is 0 Å². The first kappa shape index (κ1) is 18.0. The molecule has 0 aromatic heterocycles. The van der Waals surface area contributed by atoms with Crippen molar-refractivity contribution >= 4 is 12.1 Å². The van der Waals surface area contributed by atoms with Gasteiger partial charge in [0.05, 0.1) is 24.2 Å². The first-order valence-corrected chi connectivity index (χ1v) is 8.11. The Labute approximate surface area is 137 Å². The predicted molar refractivity (Wildman–Crippen MR) is 84.4 cm³/mol. The maximum Gasteiger partial charge on any atom is 0.410 e. The molecule has 0 aliphatic carbocycles. The molecule has 2 heterocycles. The summed E-state index contributed by atoms with van der Waals surface area (Å²) in [4.78, 5) is 27.2. The summed E-state index contributed by atoms with van der Waals surface area (Å²) in [6.07, 6.45) is -0.251. The van der Waals surface area contributed by atoms with Crippen LogP contribution in [0.15, 0.2) is 0 Å². The lowest BCUT2D eigenvalue weighted by Gasteiger charge is -2.57. The molecule has 0 radical (unpaired) electrons. The van der Waals surface area contributed by atoms with Crippen LogP contribution in [-0.4, -0.2) is 76.5 Å². The van der Waals surface area contributed by atoms with Crippen LogP contribution in [0.5, 0.6) is 0 Å². The van der Waals surface area contributed by atoms with E-state index in [1.54, 1.807) is 4.90 Å². The van der Waals surface area contributed by atoms with Gasteiger partial charge in [0.15, 0.2) is 0 Å². The topological polar surface area (TPSA) is 79.3 Å². The molecule has 23 heavy (non-hydrogen) atoms. The number of carboxylic acids is 1. The number of carbonyl (C=O) groups excluding carboxylic acids is 1. The minimum absolute atomic E-state index is 0.0196. The quantitative estimate of drug-likeness (QED) is 0.847. The highest BCUT2D eigenvalue weighted by Crippen LogP contribution is 2.34. The highest BCUT2D eigenvalue weighted by atomic mass is 16.6. The number of likely N-dealkylation sites (tertiary alicyclic amines) is 1. The highest BCUT2D eigenvalue weighted by Gasteiger charge is 2.52. The van der Waals surface area contributed by atoms with Crippen LogP contribution >= 0.6 is 0 Å². The Kier molecular flexibility index (Phi) is 4.92. The Morgan fingerprint density at radius 2 is 1.74 bits per heavy atom. The van der Waals surface area contributed by atoms with E-state index in [-0.39, 0.29) is 24.7 Å². The van der Waals surface area contributed by atoms with Crippen molar-refractivity contribution in [3.05, 3.63) is 0 Å². The second kappa shape index (κ2) is 6.28. The predicted octanol–water partition coefficient (Wildman–Crippen LogP) is 1.56. The van der Waals surface area contributed by atoms with E-state index in [1.807, 2.05) is 34.6 Å². The van der Waals surface area contributed by atoms with E-state index in [0.717, 1.165) is 0 Å². The third kappa shape index (κ3) is 4.35. The molecule has 0 bridgehead atoms. The van der Waals surface area contributed by atoms with Crippen molar-refractivity contribution in [2.75, 3.05) is 26.2 Å². The molecule has 2 fully saturated rings. The average molecular weight is 328 g/mol. The average Bonchev–Trinajstić information content (AvgIpc) is 2.29. The van der Waals surface area contributed by atoms with Gasteiger partial charge >= 0.3 is 12.1 Å². The van der Waals surface area contributed by atoms with Crippen LogP contribution in [0.25, 0.3) is 0 Å². The number of hydrogen-bond acceptors (Lipinski definition) is 5. The standard InChI is InChI=1S/C16H28N2O5/c1-11-7-18(8-12(2)22-11)16(6-13(19)20)9-17(10-16)14(21)23-15(3,4)5/h11-12H,6-10H2,1-5H3,(H,19,20)/t11-,12+. The molecule has 7 nitrogen and oxygen atoms in total. The molecule has 0 unspecified atom stereocenters. The Balaban J connectivity index is 2.06. The van der Waals surface area contributed by atoms with Crippen molar-refractivity contribution in [1.29, 1.82) is 0 Å². The van der Waals surface area contributed by atoms with Crippen molar-refractivity contribution in [2.45, 2.75) is 64.4 Å². The van der Waals surface area contributed by atoms with Crippen LogP contribution in [0.2, 0.25) is 0 Å². The summed E-state index contributed by atoms with van der Waals surface area (Å²) in [5.74, 6) is -0.847. The SMILES string of the molecule is C[C@@H]1CN(C2(CC(=O)O)CN(C(=O)OC(C)(C)C)C2)C[C@H](C)O1. The molecule has 0 spiro atoms. The van der Waals surface area contributed by atoms with Crippen LogP contribution in [0.1, 0.15) is 41.0 Å². The Bertz CT molecular complexity index is 458. The van der Waals surface area contributed by atoms with Gasteiger partial charge in [0.2, 0.25) is 0 Å². The minimum Gasteiger partial charge on any atom is -0.481 e. The molecule has 7 heteroatoms. The van der Waals surface area contributed by atoms with E-state index in [9.17, 15) is 14.7 Å². The zero-order valence-electron chi connectivity index (χ0n) is 14.7. The lowest BCUT2D eigenvalue weighted by Crippen LogP contribution is -2.74. The van der Waals surface area contributed by atoms with Crippen molar-refractivity contribution in [1.82, 2.24) is 9.80 Å². The number of morpholine rings is 1. The largest absolute Gasteiger partial charge is 0.481 e. The monoisotopic (exact) mass is 328 g/mol. The molecule has 0 aromatic rings. The fraction of sp³-hybridized carbons (Fsp3) is 0.875. The second-order valence-corrected chi connectivity index (χ2v) is 7.79. The van der Waals surface area contributed by atoms with E-state index in [0.29, 0.717) is 26.2 Å². The fourth-order valence-corrected chi connectivity index (χ4v) is 3.39. The van der Waals surface area contributed by atoms with E-state index in [4.69, 9.17) is 9.47 Å². The lowest BCUT2D eigenvalue weighted by molar-refractivity contribution is -0.159. The van der Waals surface area contributed by atoms with Crippen LogP contribution in [-0.2, 0) is 14.3 Å². The van der Waals surface area contributed by atoms with Crippen molar-refractivity contribution < 1.29 is 24.2 Å². The van der Waals surface area contributed by atoms with Gasteiger partial charge in [-0.3, -0.25) is 9.69 Å². The molecule has 2 aliphatic rings. The summed E-state index contributed by atoms with van der Waals surface area (Å²) in [5.41, 5.74) is -1.07. The third-order valence-electron chi connectivity index (χ3n) is 4.19. The number of carboxylic acid groups (broad SMARTS) is 1. The number of amides is 1. The first-order chi connectivity index (χ1) is 10.5. The summed E-state index contributed by atoms with van der Waals surface area (Å²) in [6, 6.07) is 0. The van der Waals surface area contributed by atoms with Gasteiger partial charge < -0.3 is 19.5 Å². The third-order valence-corrected chi connectivity index (χ3v) is 4.19. The summed E-state index contributed by atoms with van der Waals surface area (Å²) in [6.45, 7) is 11.6. The van der Waals surface area contributed by atoms with Gasteiger partial charge in [0, 0.05) is 26.2 Å². The molecule has 0 aromatic carbocycles. The zero-order valence-corrected chi connectivity index (χ0v) is 14.7. The zero-order chi connectivity index (χ0) is 17.4. The van der Waals surface area contributed by atoms with E-state index in [2.05, 4.69) is 4.90 Å². The molecule has 2 saturated heterocycles. The number of ether oxygens (including phenoxy) is 2. The molecule has 2 atom stereocenters. The fourth-order valence-electron chi connectivity index (χ4n) is 3.39. The number of carbonyl (C=O) groups is 2. The van der Waals surface area contributed by atoms with Crippen LogP contribution in [0, 0.1) is 0 Å². The van der Waals surface area contributed by atoms with Crippen molar-refractivity contribution in [3.63, 3.8) is 0 Å². The molecular formula is C16H28N2O5. The Morgan fingerprint density at radius 3 is 2.17 bits per heavy atom. The van der Waals surface area contributed by atoms with Gasteiger partial charge in [0.1, 0.15) is 5.60 Å². The van der Waals surface area contributed by atoms with Crippen molar-refractivity contribution in [2.24, 2.45) is 0 Å². The number of rotatable bonds is 3. The Hall–Kier alpha value is -1.34. The van der Waals surface area contributed by atoms with Crippen LogP contribution in [0.4, 0.5) is 4.79 Å². The number of aliphatic carboxylic acids is 1. The van der Waals surface area contributed by atoms with Crippen LogP contribution < -0.4 is 0 Å². The molecule has 2 aliphatic heterocycles. The summed E-state index contributed by atoms with van der Waals surface area (Å²) >= 11 is 0. The maximum absolute atomic E-state index is 12.1. The molecule has 1 amide bonds. The summed E-state index contributed by atoms with van der Waals surface area (Å²) in [7, 11) is 0. The van der Waals surface area contributed by atoms with E-state index >= 15 is 0 Å². The van der Waals surface area contributed by atoms with E-state index < -0.39 is 17.1 Å². The van der Waals surface area contributed by atoms with Crippen molar-refractivity contribution in [3.8, 4) is 0 Å². The van der Waals surface area contributed by atoms with Gasteiger partial charge in [-0.05, 0) is 34.6 Å². The van der Waals surface area contributed by atoms with Gasteiger partial charge in [-0.15, -0.1) is 0 Å². The van der Waals surface area contributed by atoms with Gasteiger partial charge in [-0.25, -0.2) is 4.79 Å². The van der Waals surface area contributed by atoms with E-state index in [1.165, 1.54) is 0 Å². The lowest BCUT2D eigenvalue weighted by atomic mass is 9.83. The molecule has 0 saturated carbocycles. The molecule has 132 valence electrons. The molecular weight excluding hydrogens is 300 g/mol. The van der Waals surface area contributed by atoms with Crippen LogP contribution in [0.3, 0.4) is 0 Å². The molecule has 2 rings (SSSR count). The maximum atomic E-state index is 12.1. The van der Waals surface area contributed by atoms with Gasteiger partial charge in [-0.1, -0.05) is 0 Å². The first-order valence-electron chi connectivity index (χ1n) is 8.11. The highest BCUT2D eigenvalue weighted by molar-refractivity contribution is 5.73. The van der Waals surface area contributed by atoms with Gasteiger partial charge in [-0.2, -0.15) is 0 Å². The molecule has 1 N–H and O–H groups in total. The minimum atomic E-state index is -0.847. The smallest absolute Gasteiger partial charge is 0.410 e. The normalized spacial score (nSPS) is 28.1. The Morgan fingerprint density at radius 1 is 1.22 bits per heavy atom. The number of nitrogens with zero attached hydrogens (tertiary/aromatic N) is 2.